The molecular formula is C14H16FN5O2S. The van der Waals surface area contributed by atoms with E-state index >= 15 is 0 Å². The van der Waals surface area contributed by atoms with Gasteiger partial charge in [-0.1, -0.05) is 23.9 Å². The molecule has 0 aliphatic heterocycles. The minimum Gasteiger partial charge on any atom is -0.369 e. The Morgan fingerprint density at radius 1 is 1.39 bits per heavy atom. The van der Waals surface area contributed by atoms with Gasteiger partial charge in [-0.25, -0.2) is 4.39 Å². The molecule has 0 bridgehead atoms. The number of thioether (sulfide) groups is 1. The number of aromatic nitrogens is 3. The fraction of sp³-hybridized carbons (Fsp3) is 0.286. The van der Waals surface area contributed by atoms with Crippen LogP contribution in [0.4, 0.5) is 4.39 Å². The van der Waals surface area contributed by atoms with Crippen LogP contribution in [-0.2, 0) is 11.8 Å². The summed E-state index contributed by atoms with van der Waals surface area (Å²) < 4.78 is 15.3. The van der Waals surface area contributed by atoms with Gasteiger partial charge in [0.2, 0.25) is 5.91 Å². The van der Waals surface area contributed by atoms with Gasteiger partial charge in [-0.05, 0) is 19.1 Å². The molecule has 0 fully saturated rings. The number of rotatable bonds is 6. The van der Waals surface area contributed by atoms with Gasteiger partial charge in [0.05, 0.1) is 17.4 Å². The smallest absolute Gasteiger partial charge is 0.254 e. The molecule has 0 spiro atoms. The summed E-state index contributed by atoms with van der Waals surface area (Å²) in [5.41, 5.74) is 5.05. The Labute approximate surface area is 136 Å². The second kappa shape index (κ2) is 7.23. The molecule has 1 aromatic carbocycles. The largest absolute Gasteiger partial charge is 0.369 e. The quantitative estimate of drug-likeness (QED) is 0.766. The lowest BCUT2D eigenvalue weighted by Crippen LogP contribution is -2.29. The van der Waals surface area contributed by atoms with Crippen molar-refractivity contribution < 1.29 is 14.0 Å². The third-order valence-corrected chi connectivity index (χ3v) is 4.11. The number of nitrogens with one attached hydrogen (secondary N) is 1. The van der Waals surface area contributed by atoms with E-state index in [1.165, 1.54) is 18.2 Å². The van der Waals surface area contributed by atoms with Crippen LogP contribution in [0.3, 0.4) is 0 Å². The van der Waals surface area contributed by atoms with Gasteiger partial charge in [0, 0.05) is 7.05 Å². The maximum absolute atomic E-state index is 13.6. The van der Waals surface area contributed by atoms with Gasteiger partial charge in [0.15, 0.2) is 11.0 Å². The number of benzene rings is 1. The van der Waals surface area contributed by atoms with E-state index in [4.69, 9.17) is 5.73 Å². The molecule has 0 saturated carbocycles. The second-order valence-corrected chi connectivity index (χ2v) is 5.77. The summed E-state index contributed by atoms with van der Waals surface area (Å²) in [6, 6.07) is 5.25. The predicted octanol–water partition coefficient (Wildman–Crippen LogP) is 1.02. The van der Waals surface area contributed by atoms with Gasteiger partial charge in [-0.2, -0.15) is 0 Å². The summed E-state index contributed by atoms with van der Waals surface area (Å²) in [7, 11) is 1.71. The molecule has 23 heavy (non-hydrogen) atoms. The summed E-state index contributed by atoms with van der Waals surface area (Å²) in [6.07, 6.45) is 0. The molecule has 2 aromatic rings. The number of carbonyl (C=O) groups excluding carboxylic acids is 2. The zero-order chi connectivity index (χ0) is 17.0. The van der Waals surface area contributed by atoms with Crippen LogP contribution < -0.4 is 11.1 Å². The Kier molecular flexibility index (Phi) is 5.32. The molecule has 0 unspecified atom stereocenters. The Hall–Kier alpha value is -2.42. The highest BCUT2D eigenvalue weighted by Gasteiger charge is 2.20. The molecule has 1 heterocycles. The van der Waals surface area contributed by atoms with Crippen molar-refractivity contribution in [3.05, 3.63) is 41.5 Å². The van der Waals surface area contributed by atoms with E-state index in [0.717, 1.165) is 11.8 Å². The van der Waals surface area contributed by atoms with Gasteiger partial charge in [-0.15, -0.1) is 10.2 Å². The van der Waals surface area contributed by atoms with Gasteiger partial charge in [-0.3, -0.25) is 9.59 Å². The second-order valence-electron chi connectivity index (χ2n) is 4.83. The van der Waals surface area contributed by atoms with Crippen LogP contribution in [0.5, 0.6) is 0 Å². The third-order valence-electron chi connectivity index (χ3n) is 3.07. The third kappa shape index (κ3) is 4.07. The van der Waals surface area contributed by atoms with Crippen LogP contribution >= 0.6 is 11.8 Å². The van der Waals surface area contributed by atoms with Crippen LogP contribution in [0.2, 0.25) is 0 Å². The first-order chi connectivity index (χ1) is 10.9. The van der Waals surface area contributed by atoms with Crippen molar-refractivity contribution in [2.45, 2.75) is 18.1 Å². The maximum Gasteiger partial charge on any atom is 0.254 e. The molecule has 1 atom stereocenters. The monoisotopic (exact) mass is 337 g/mol. The minimum atomic E-state index is -0.590. The summed E-state index contributed by atoms with van der Waals surface area (Å²) in [6.45, 7) is 1.71. The zero-order valence-corrected chi connectivity index (χ0v) is 13.4. The number of hydrogen-bond acceptors (Lipinski definition) is 5. The van der Waals surface area contributed by atoms with Crippen LogP contribution in [-0.4, -0.2) is 32.3 Å². The van der Waals surface area contributed by atoms with E-state index < -0.39 is 23.7 Å². The summed E-state index contributed by atoms with van der Waals surface area (Å²) >= 11 is 1.15. The number of nitrogens with zero attached hydrogens (tertiary/aromatic N) is 3. The zero-order valence-electron chi connectivity index (χ0n) is 12.6. The Bertz CT molecular complexity index is 734. The van der Waals surface area contributed by atoms with Crippen molar-refractivity contribution in [3.8, 4) is 0 Å². The number of primary amides is 1. The van der Waals surface area contributed by atoms with E-state index in [1.807, 2.05) is 0 Å². The van der Waals surface area contributed by atoms with Gasteiger partial charge in [0.1, 0.15) is 5.82 Å². The minimum absolute atomic E-state index is 0.0372. The molecule has 3 N–H and O–H groups in total. The molecule has 0 aliphatic carbocycles. The SMILES string of the molecule is C[C@@H](NC(=O)c1ccccc1F)c1nnc(SCC(N)=O)n1C. The van der Waals surface area contributed by atoms with E-state index in [-0.39, 0.29) is 11.3 Å². The Balaban J connectivity index is 2.09. The van der Waals surface area contributed by atoms with Gasteiger partial charge < -0.3 is 15.6 Å². The molecule has 1 aromatic heterocycles. The first-order valence-corrected chi connectivity index (χ1v) is 7.74. The van der Waals surface area contributed by atoms with Crippen molar-refractivity contribution in [2.24, 2.45) is 12.8 Å². The number of hydrogen-bond donors (Lipinski definition) is 2. The molecule has 2 rings (SSSR count). The fourth-order valence-electron chi connectivity index (χ4n) is 1.95. The molecule has 0 saturated heterocycles. The number of amides is 2. The summed E-state index contributed by atoms with van der Waals surface area (Å²) in [4.78, 5) is 22.9. The Morgan fingerprint density at radius 2 is 2.09 bits per heavy atom. The van der Waals surface area contributed by atoms with Crippen molar-refractivity contribution in [2.75, 3.05) is 5.75 Å². The number of halogens is 1. The molecule has 9 heteroatoms. The standard InChI is InChI=1S/C14H16FN5O2S/c1-8(17-13(22)9-5-3-4-6-10(9)15)12-18-19-14(20(12)2)23-7-11(16)21/h3-6,8H,7H2,1-2H3,(H2,16,21)(H,17,22)/t8-/m1/s1. The van der Waals surface area contributed by atoms with Crippen LogP contribution in [0, 0.1) is 5.82 Å². The topological polar surface area (TPSA) is 103 Å². The van der Waals surface area contributed by atoms with Crippen LogP contribution in [0.15, 0.2) is 29.4 Å². The van der Waals surface area contributed by atoms with E-state index in [9.17, 15) is 14.0 Å². The lowest BCUT2D eigenvalue weighted by Gasteiger charge is -2.13. The van der Waals surface area contributed by atoms with Crippen molar-refractivity contribution in [1.82, 2.24) is 20.1 Å². The molecule has 7 nitrogen and oxygen atoms in total. The van der Waals surface area contributed by atoms with Gasteiger partial charge in [0.25, 0.3) is 5.91 Å². The molecular weight excluding hydrogens is 321 g/mol. The average Bonchev–Trinajstić information content (AvgIpc) is 2.86. The van der Waals surface area contributed by atoms with E-state index in [2.05, 4.69) is 15.5 Å². The summed E-state index contributed by atoms with van der Waals surface area (Å²) in [5.74, 6) is -1.01. The van der Waals surface area contributed by atoms with E-state index in [1.54, 1.807) is 24.6 Å². The highest BCUT2D eigenvalue weighted by atomic mass is 32.2. The van der Waals surface area contributed by atoms with Crippen LogP contribution in [0.25, 0.3) is 0 Å². The van der Waals surface area contributed by atoms with Crippen molar-refractivity contribution in [1.29, 1.82) is 0 Å². The molecule has 0 aliphatic rings. The van der Waals surface area contributed by atoms with Gasteiger partial charge >= 0.3 is 0 Å². The number of nitrogens with two attached hydrogens (primary N) is 1. The summed E-state index contributed by atoms with van der Waals surface area (Å²) in [5, 5.41) is 11.1. The maximum atomic E-state index is 13.6. The lowest BCUT2D eigenvalue weighted by molar-refractivity contribution is -0.115. The van der Waals surface area contributed by atoms with Crippen molar-refractivity contribution >= 4 is 23.6 Å². The Morgan fingerprint density at radius 3 is 2.74 bits per heavy atom. The highest BCUT2D eigenvalue weighted by molar-refractivity contribution is 7.99. The first-order valence-electron chi connectivity index (χ1n) is 6.76. The van der Waals surface area contributed by atoms with Crippen LogP contribution in [0.1, 0.15) is 29.1 Å². The van der Waals surface area contributed by atoms with E-state index in [0.29, 0.717) is 11.0 Å². The molecule has 122 valence electrons. The molecule has 2 amide bonds. The average molecular weight is 337 g/mol. The number of carbonyl (C=O) groups is 2. The predicted molar refractivity (Wildman–Crippen MR) is 83.2 cm³/mol. The lowest BCUT2D eigenvalue weighted by atomic mass is 10.2. The first kappa shape index (κ1) is 16.9. The highest BCUT2D eigenvalue weighted by Crippen LogP contribution is 2.19. The van der Waals surface area contributed by atoms with Crippen molar-refractivity contribution in [3.63, 3.8) is 0 Å². The molecule has 0 radical (unpaired) electrons. The fourth-order valence-corrected chi connectivity index (χ4v) is 2.61. The normalized spacial score (nSPS) is 12.0.